The van der Waals surface area contributed by atoms with Crippen LogP contribution in [0.4, 0.5) is 0 Å². The number of carbonyl (C=O) groups is 3. The minimum absolute atomic E-state index is 0.0292. The first kappa shape index (κ1) is 86.7. The highest BCUT2D eigenvalue weighted by Gasteiger charge is 2.56. The largest absolute Gasteiger partial charge is 0.459 e. The third kappa shape index (κ3) is 19.6. The third-order valence-electron chi connectivity index (χ3n) is 26.5. The monoisotopic (exact) mass is 1400 g/mol. The summed E-state index contributed by atoms with van der Waals surface area (Å²) in [5, 5.41) is 58.8. The maximum atomic E-state index is 14.2. The summed E-state index contributed by atoms with van der Waals surface area (Å²) < 4.78 is 66.2. The molecule has 6 heterocycles. The molecule has 574 valence electrons. The zero-order valence-electron chi connectivity index (χ0n) is 67.0. The van der Waals surface area contributed by atoms with Gasteiger partial charge in [0.1, 0.15) is 29.2 Å². The molecule has 0 radical (unpaired) electrons. The Kier molecular flexibility index (Phi) is 30.6. The van der Waals surface area contributed by atoms with E-state index in [1.807, 2.05) is 41.5 Å². The maximum Gasteiger partial charge on any atom is 0.311 e. The van der Waals surface area contributed by atoms with Crippen LogP contribution in [0.25, 0.3) is 0 Å². The van der Waals surface area contributed by atoms with E-state index in [1.165, 1.54) is 0 Å². The number of hydrogen-bond acceptors (Lipinski definition) is 18. The van der Waals surface area contributed by atoms with Gasteiger partial charge >= 0.3 is 11.9 Å². The molecular formula is C80H146O18. The molecule has 6 rings (SSSR count). The average molecular weight is 1400 g/mol. The van der Waals surface area contributed by atoms with Gasteiger partial charge in [0.25, 0.3) is 0 Å². The van der Waals surface area contributed by atoms with Crippen molar-refractivity contribution in [2.45, 2.75) is 388 Å². The quantitative estimate of drug-likeness (QED) is 0.114. The number of aliphatic hydroxyl groups excluding tert-OH is 3. The van der Waals surface area contributed by atoms with Crippen LogP contribution in [-0.4, -0.2) is 159 Å². The summed E-state index contributed by atoms with van der Waals surface area (Å²) in [6.07, 6.45) is -5.02. The van der Waals surface area contributed by atoms with Gasteiger partial charge in [-0.25, -0.2) is 0 Å². The minimum Gasteiger partial charge on any atom is -0.459 e. The Morgan fingerprint density at radius 1 is 0.418 bits per heavy atom. The average Bonchev–Trinajstić information content (AvgIpc) is 0.781. The lowest BCUT2D eigenvalue weighted by Gasteiger charge is -2.50. The Morgan fingerprint density at radius 2 is 0.776 bits per heavy atom. The van der Waals surface area contributed by atoms with Crippen molar-refractivity contribution >= 4 is 17.7 Å². The summed E-state index contributed by atoms with van der Waals surface area (Å²) in [5.74, 6) is -3.99. The van der Waals surface area contributed by atoms with Gasteiger partial charge < -0.3 is 72.9 Å². The highest BCUT2D eigenvalue weighted by molar-refractivity contribution is 5.83. The molecule has 33 atom stereocenters. The summed E-state index contributed by atoms with van der Waals surface area (Å²) in [4.78, 5) is 42.5. The Balaban J connectivity index is 0.000000354. The van der Waals surface area contributed by atoms with E-state index in [2.05, 4.69) is 138 Å². The van der Waals surface area contributed by atoms with E-state index in [0.29, 0.717) is 55.8 Å². The molecule has 0 aromatic rings. The van der Waals surface area contributed by atoms with Crippen LogP contribution in [0.3, 0.4) is 0 Å². The predicted molar refractivity (Wildman–Crippen MR) is 382 cm³/mol. The van der Waals surface area contributed by atoms with Crippen LogP contribution in [0.2, 0.25) is 0 Å². The van der Waals surface area contributed by atoms with Crippen LogP contribution in [0.5, 0.6) is 0 Å². The zero-order valence-corrected chi connectivity index (χ0v) is 67.0. The molecule has 0 spiro atoms. The van der Waals surface area contributed by atoms with Crippen LogP contribution in [0.1, 0.15) is 272 Å². The standard InChI is InChI=1S/C40H74O9.C40H72O9/c2*1-16-30-40(44,17-2)34(42)25(7)32(41)22(4)19-39(14,15)35(49-37-24(6)21(3)18-23(5)45-37)26(8)33(27(9)36(43)47-30)48-31-20-38(12,13)28(10)29(11)46-31/h21-35,37,41-42,44H,16-20H2,1-15H3;21-31,33-35,37,42,44H,16-20H2,1-15H3/t21-,22+,23+,24+,25-,26-,27+,28-,29-,30+,31?,32-,33-,34+,35+,37?,40+;21-,22+,23+,24+,25-,26-,27+,28-,29-,30+,31?,33-,34+,35+,37?,40+/m00/s1. The van der Waals surface area contributed by atoms with Crippen molar-refractivity contribution < 1.29 is 87.3 Å². The van der Waals surface area contributed by atoms with Crippen LogP contribution in [0.15, 0.2) is 0 Å². The molecule has 0 aromatic heterocycles. The summed E-state index contributed by atoms with van der Waals surface area (Å²) in [5.41, 5.74) is -4.79. The minimum atomic E-state index is -1.81. The van der Waals surface area contributed by atoms with Gasteiger partial charge in [-0.15, -0.1) is 0 Å². The lowest BCUT2D eigenvalue weighted by molar-refractivity contribution is -0.294. The Labute approximate surface area is 594 Å². The van der Waals surface area contributed by atoms with Gasteiger partial charge in [0.2, 0.25) is 0 Å². The van der Waals surface area contributed by atoms with Gasteiger partial charge in [-0.2, -0.15) is 0 Å². The van der Waals surface area contributed by atoms with E-state index in [-0.39, 0.29) is 89.9 Å². The first-order chi connectivity index (χ1) is 45.0. The molecule has 6 aliphatic rings. The first-order valence-corrected chi connectivity index (χ1v) is 38.7. The molecule has 4 unspecified atom stereocenters. The molecule has 18 nitrogen and oxygen atoms in total. The van der Waals surface area contributed by atoms with Crippen molar-refractivity contribution in [1.82, 2.24) is 0 Å². The van der Waals surface area contributed by atoms with E-state index in [4.69, 9.17) is 47.4 Å². The number of hydrogen-bond donors (Lipinski definition) is 5. The van der Waals surface area contributed by atoms with Gasteiger partial charge in [0.15, 0.2) is 25.2 Å². The van der Waals surface area contributed by atoms with Crippen LogP contribution < -0.4 is 0 Å². The number of ketones is 1. The highest BCUT2D eigenvalue weighted by Crippen LogP contribution is 2.50. The summed E-state index contributed by atoms with van der Waals surface area (Å²) >= 11 is 0. The molecule has 6 fully saturated rings. The van der Waals surface area contributed by atoms with Crippen LogP contribution in [-0.2, 0) is 61.8 Å². The van der Waals surface area contributed by atoms with Gasteiger partial charge in [0.05, 0.1) is 79.0 Å². The second-order valence-electron chi connectivity index (χ2n) is 35.9. The van der Waals surface area contributed by atoms with Crippen molar-refractivity contribution in [3.05, 3.63) is 0 Å². The van der Waals surface area contributed by atoms with E-state index in [9.17, 15) is 39.9 Å². The highest BCUT2D eigenvalue weighted by atomic mass is 16.7. The second-order valence-corrected chi connectivity index (χ2v) is 35.9. The van der Waals surface area contributed by atoms with Gasteiger partial charge in [-0.1, -0.05) is 166 Å². The summed E-state index contributed by atoms with van der Waals surface area (Å²) in [6, 6.07) is 0. The summed E-state index contributed by atoms with van der Waals surface area (Å²) in [7, 11) is 0. The van der Waals surface area contributed by atoms with Crippen LogP contribution >= 0.6 is 0 Å². The number of carbonyl (C=O) groups excluding carboxylic acids is 3. The predicted octanol–water partition coefficient (Wildman–Crippen LogP) is 14.4. The molecule has 18 heteroatoms. The van der Waals surface area contributed by atoms with Crippen molar-refractivity contribution in [2.24, 2.45) is 105 Å². The number of esters is 2. The lowest BCUT2D eigenvalue weighted by atomic mass is 9.68. The smallest absolute Gasteiger partial charge is 0.311 e. The fraction of sp³-hybridized carbons (Fsp3) is 0.963. The van der Waals surface area contributed by atoms with E-state index < -0.39 is 144 Å². The topological polar surface area (TPSA) is 245 Å². The normalized spacial score (nSPS) is 48.0. The fourth-order valence-electron chi connectivity index (χ4n) is 18.4. The Bertz CT molecular complexity index is 2510. The van der Waals surface area contributed by atoms with Crippen LogP contribution in [0, 0.1) is 105 Å². The van der Waals surface area contributed by atoms with Crippen molar-refractivity contribution in [1.29, 1.82) is 0 Å². The number of cyclic esters (lactones) is 2. The number of aliphatic hydroxyl groups is 5. The van der Waals surface area contributed by atoms with Gasteiger partial charge in [0, 0.05) is 54.3 Å². The SMILES string of the molecule is CC[C@H]1OC(=O)[C@H](C)[C@@H](OC2CC(C)(C)[C@@H](C)[C@H](C)O2)[C@H](C)[C@@H](OC2O[C@H](C)C[C@H](C)[C@H]2C)C(C)(C)C[C@@H](C)C(=O)[C@H](C)[C@@H](O)[C@@]1(O)CC.CC[C@H]1OC(=O)[C@H](C)[C@@H](OC2CC(C)(C)[C@@H](C)[C@H](C)O2)[C@H](C)[C@@H](OC2O[C@H](C)C[C@H](C)[C@H]2C)C(C)(C)C[C@@H](C)[C@H](O)[C@H](C)[C@@H](O)[C@@]1(O)CC. The maximum absolute atomic E-state index is 14.2. The lowest BCUT2D eigenvalue weighted by Crippen LogP contribution is -2.59. The molecule has 0 amide bonds. The van der Waals surface area contributed by atoms with E-state index in [0.717, 1.165) is 12.8 Å². The Morgan fingerprint density at radius 3 is 1.12 bits per heavy atom. The molecule has 6 aliphatic heterocycles. The molecule has 0 saturated carbocycles. The Hall–Kier alpha value is -1.91. The van der Waals surface area contributed by atoms with Gasteiger partial charge in [-0.3, -0.25) is 14.4 Å². The molecule has 98 heavy (non-hydrogen) atoms. The number of rotatable bonds is 12. The fourth-order valence-corrected chi connectivity index (χ4v) is 18.4. The number of Topliss-reactive ketones (excluding diaryl/α,β-unsaturated/α-hetero) is 1. The molecule has 0 bridgehead atoms. The van der Waals surface area contributed by atoms with Gasteiger partial charge in [-0.05, 0) is 144 Å². The zero-order chi connectivity index (χ0) is 74.8. The molecule has 6 saturated heterocycles. The van der Waals surface area contributed by atoms with Crippen molar-refractivity contribution in [3.63, 3.8) is 0 Å². The molecule has 0 aliphatic carbocycles. The van der Waals surface area contributed by atoms with Crippen molar-refractivity contribution in [3.8, 4) is 0 Å². The first-order valence-electron chi connectivity index (χ1n) is 38.7. The molecular weight excluding hydrogens is 1250 g/mol. The second kappa shape index (κ2) is 34.6. The van der Waals surface area contributed by atoms with E-state index >= 15 is 0 Å². The van der Waals surface area contributed by atoms with Crippen molar-refractivity contribution in [2.75, 3.05) is 0 Å². The summed E-state index contributed by atoms with van der Waals surface area (Å²) in [6.45, 7) is 61.2. The molecule has 0 aromatic carbocycles. The van der Waals surface area contributed by atoms with E-state index in [1.54, 1.807) is 27.7 Å². The molecule has 5 N–H and O–H groups in total. The number of ether oxygens (including phenoxy) is 10. The third-order valence-corrected chi connectivity index (χ3v) is 26.5.